The Labute approximate surface area is 246 Å². The Kier molecular flexibility index (Phi) is 6.72. The first kappa shape index (κ1) is 28.8. The van der Waals surface area contributed by atoms with Crippen LogP contribution in [-0.2, 0) is 28.5 Å². The number of ether oxygens (including phenoxy) is 5. The van der Waals surface area contributed by atoms with Crippen molar-refractivity contribution in [3.8, 4) is 0 Å². The van der Waals surface area contributed by atoms with Gasteiger partial charge < -0.3 is 33.9 Å². The van der Waals surface area contributed by atoms with Crippen LogP contribution in [0.25, 0.3) is 0 Å². The van der Waals surface area contributed by atoms with E-state index in [9.17, 15) is 19.8 Å². The summed E-state index contributed by atoms with van der Waals surface area (Å²) in [7, 11) is 6.49. The second-order valence-electron chi connectivity index (χ2n) is 13.5. The van der Waals surface area contributed by atoms with E-state index in [2.05, 4.69) is 11.8 Å². The van der Waals surface area contributed by atoms with Crippen molar-refractivity contribution in [2.45, 2.75) is 61.9 Å². The first-order valence-electron chi connectivity index (χ1n) is 15.2. The zero-order valence-electron chi connectivity index (χ0n) is 25.0. The number of ketones is 1. The highest BCUT2D eigenvalue weighted by molar-refractivity contribution is 5.92. The van der Waals surface area contributed by atoms with Gasteiger partial charge in [0.25, 0.3) is 0 Å². The summed E-state index contributed by atoms with van der Waals surface area (Å²) in [5.41, 5.74) is -2.56. The van der Waals surface area contributed by atoms with Crippen LogP contribution in [0.4, 0.5) is 0 Å². The summed E-state index contributed by atoms with van der Waals surface area (Å²) in [5.74, 6) is -2.42. The van der Waals surface area contributed by atoms with Gasteiger partial charge in [-0.2, -0.15) is 0 Å². The number of carbonyl (C=O) groups excluding carboxylic acids is 2. The fourth-order valence-corrected chi connectivity index (χ4v) is 11.7. The van der Waals surface area contributed by atoms with E-state index in [0.717, 1.165) is 0 Å². The lowest BCUT2D eigenvalue weighted by Crippen LogP contribution is -2.77. The minimum absolute atomic E-state index is 0.0847. The lowest BCUT2D eigenvalue weighted by Gasteiger charge is -2.69. The summed E-state index contributed by atoms with van der Waals surface area (Å²) in [6.07, 6.45) is -2.90. The molecule has 0 aromatic heterocycles. The molecule has 0 radical (unpaired) electrons. The number of esters is 1. The number of carbonyl (C=O) groups is 2. The Morgan fingerprint density at radius 2 is 1.81 bits per heavy atom. The van der Waals surface area contributed by atoms with E-state index in [-0.39, 0.29) is 48.2 Å². The lowest BCUT2D eigenvalue weighted by atomic mass is 9.43. The molecule has 5 saturated carbocycles. The molecule has 1 unspecified atom stereocenters. The third kappa shape index (κ3) is 3.19. The van der Waals surface area contributed by atoms with E-state index < -0.39 is 52.5 Å². The van der Waals surface area contributed by atoms with Crippen molar-refractivity contribution in [1.29, 1.82) is 0 Å². The molecule has 10 heteroatoms. The molecule has 42 heavy (non-hydrogen) atoms. The number of Topliss-reactive ketones (excluding diaryl/α,β-unsaturated/α-hetero) is 1. The maximum atomic E-state index is 14.5. The summed E-state index contributed by atoms with van der Waals surface area (Å²) < 4.78 is 30.6. The largest absolute Gasteiger partial charge is 0.455 e. The lowest BCUT2D eigenvalue weighted by molar-refractivity contribution is -0.280. The minimum Gasteiger partial charge on any atom is -0.455 e. The van der Waals surface area contributed by atoms with Gasteiger partial charge >= 0.3 is 5.97 Å². The predicted octanol–water partition coefficient (Wildman–Crippen LogP) is 1.17. The fraction of sp³-hybridized carbons (Fsp3) is 0.750. The fourth-order valence-electron chi connectivity index (χ4n) is 11.7. The number of fused-ring (bicyclic) bond motifs is 2. The average Bonchev–Trinajstić information content (AvgIpc) is 3.33. The Bertz CT molecular complexity index is 1250. The van der Waals surface area contributed by atoms with Crippen LogP contribution in [0.15, 0.2) is 30.3 Å². The van der Waals surface area contributed by atoms with Crippen molar-refractivity contribution in [3.63, 3.8) is 0 Å². The van der Waals surface area contributed by atoms with E-state index >= 15 is 0 Å². The van der Waals surface area contributed by atoms with Crippen LogP contribution in [0.5, 0.6) is 0 Å². The summed E-state index contributed by atoms with van der Waals surface area (Å²) in [6, 6.07) is 8.65. The van der Waals surface area contributed by atoms with Gasteiger partial charge in [-0.05, 0) is 31.0 Å². The number of hydrogen-bond acceptors (Lipinski definition) is 10. The first-order chi connectivity index (χ1) is 20.2. The van der Waals surface area contributed by atoms with Gasteiger partial charge in [0, 0.05) is 81.9 Å². The summed E-state index contributed by atoms with van der Waals surface area (Å²) in [4.78, 5) is 30.4. The van der Waals surface area contributed by atoms with Crippen molar-refractivity contribution in [1.82, 2.24) is 4.90 Å². The zero-order chi connectivity index (χ0) is 29.8. The van der Waals surface area contributed by atoms with Gasteiger partial charge in [0.15, 0.2) is 5.78 Å². The van der Waals surface area contributed by atoms with Crippen LogP contribution >= 0.6 is 0 Å². The Hall–Kier alpha value is -1.92. The number of rotatable bonds is 8. The number of nitrogens with zero attached hydrogens (tertiary/aromatic N) is 1. The molecule has 1 heterocycles. The van der Waals surface area contributed by atoms with Crippen molar-refractivity contribution in [2.75, 3.05) is 48.1 Å². The molecule has 2 N–H and O–H groups in total. The molecule has 5 aliphatic carbocycles. The van der Waals surface area contributed by atoms with Gasteiger partial charge in [0.1, 0.15) is 17.8 Å². The van der Waals surface area contributed by atoms with Crippen LogP contribution < -0.4 is 0 Å². The van der Waals surface area contributed by atoms with E-state index in [1.54, 1.807) is 45.6 Å². The number of hydrogen-bond donors (Lipinski definition) is 2. The van der Waals surface area contributed by atoms with E-state index in [1.807, 2.05) is 6.07 Å². The summed E-state index contributed by atoms with van der Waals surface area (Å²) >= 11 is 0. The summed E-state index contributed by atoms with van der Waals surface area (Å²) in [6.45, 7) is 3.77. The molecule has 7 rings (SSSR count). The standard InChI is InChI=1S/C32H43NO9/c1-6-33-14-30(15-38-2)18(34)12-19(39-3)32-17-13-31(37)27(42-29(36)16-10-8-7-9-11-16)20(17)21(23(35)28(31)41-5)22(26(32)33)24(40-4)25(30)32/h7-11,17-22,24-28,34,37H,6,12-15H2,1-5H3/t17-,18?,19+,20+,21+,22+,24+,25-,26-,27-,28+,30+,31+,32+/m1/s1. The van der Waals surface area contributed by atoms with Crippen molar-refractivity contribution in [3.05, 3.63) is 35.9 Å². The smallest absolute Gasteiger partial charge is 0.338 e. The highest BCUT2D eigenvalue weighted by Crippen LogP contribution is 2.78. The maximum absolute atomic E-state index is 14.5. The Morgan fingerprint density at radius 1 is 1.07 bits per heavy atom. The first-order valence-corrected chi connectivity index (χ1v) is 15.2. The molecule has 7 bridgehead atoms. The highest BCUT2D eigenvalue weighted by atomic mass is 16.6. The number of methoxy groups -OCH3 is 4. The van der Waals surface area contributed by atoms with Gasteiger partial charge in [0.05, 0.1) is 30.5 Å². The van der Waals surface area contributed by atoms with Gasteiger partial charge in [-0.1, -0.05) is 25.1 Å². The van der Waals surface area contributed by atoms with E-state index in [0.29, 0.717) is 31.7 Å². The topological polar surface area (TPSA) is 124 Å². The van der Waals surface area contributed by atoms with Crippen LogP contribution in [0.1, 0.15) is 30.1 Å². The molecule has 1 aromatic rings. The molecule has 1 aromatic carbocycles. The molecule has 1 saturated heterocycles. The summed E-state index contributed by atoms with van der Waals surface area (Å²) in [5, 5.41) is 24.4. The molecule has 1 spiro atoms. The third-order valence-corrected chi connectivity index (χ3v) is 12.5. The van der Waals surface area contributed by atoms with Gasteiger partial charge in [-0.3, -0.25) is 9.69 Å². The normalized spacial score (nSPS) is 50.2. The predicted molar refractivity (Wildman–Crippen MR) is 148 cm³/mol. The molecule has 0 amide bonds. The van der Waals surface area contributed by atoms with Crippen molar-refractivity contribution in [2.24, 2.45) is 40.4 Å². The SMILES string of the molecule is CCN1C[C@]2(COC)C(O)C[C@H](OC)[C@@]34[C@@H]5C[C@]6(O)[C@H](OC(=O)c7ccccc7)[C@@H]5[C@H](C(=O)[C@@H]6OC)[C@@H]([C@H](OC)[C@H]23)[C@@H]14. The maximum Gasteiger partial charge on any atom is 0.338 e. The number of likely N-dealkylation sites (tertiary alicyclic amines) is 1. The van der Waals surface area contributed by atoms with Crippen LogP contribution in [0.2, 0.25) is 0 Å². The molecule has 6 aliphatic rings. The van der Waals surface area contributed by atoms with Crippen molar-refractivity contribution < 1.29 is 43.5 Å². The second kappa shape index (κ2) is 9.79. The third-order valence-electron chi connectivity index (χ3n) is 12.5. The van der Waals surface area contributed by atoms with Gasteiger partial charge in [-0.15, -0.1) is 0 Å². The quantitative estimate of drug-likeness (QED) is 0.430. The number of benzene rings is 1. The van der Waals surface area contributed by atoms with Gasteiger partial charge in [-0.25, -0.2) is 4.79 Å². The number of piperidine rings is 1. The van der Waals surface area contributed by atoms with Crippen LogP contribution in [0.3, 0.4) is 0 Å². The van der Waals surface area contributed by atoms with Gasteiger partial charge in [0.2, 0.25) is 0 Å². The van der Waals surface area contributed by atoms with Crippen LogP contribution in [-0.4, -0.2) is 117 Å². The molecular weight excluding hydrogens is 542 g/mol. The molecule has 10 nitrogen and oxygen atoms in total. The Balaban J connectivity index is 1.45. The molecule has 6 fully saturated rings. The van der Waals surface area contributed by atoms with E-state index in [4.69, 9.17) is 23.7 Å². The average molecular weight is 586 g/mol. The number of aliphatic hydroxyl groups is 2. The minimum atomic E-state index is -1.70. The molecule has 1 aliphatic heterocycles. The molecular formula is C32H43NO9. The monoisotopic (exact) mass is 585 g/mol. The van der Waals surface area contributed by atoms with E-state index in [1.165, 1.54) is 7.11 Å². The highest BCUT2D eigenvalue weighted by Gasteiger charge is 2.87. The zero-order valence-corrected chi connectivity index (χ0v) is 25.0. The molecule has 14 atom stereocenters. The number of aliphatic hydroxyl groups excluding tert-OH is 1. The second-order valence-corrected chi connectivity index (χ2v) is 13.5. The van der Waals surface area contributed by atoms with Crippen LogP contribution in [0, 0.1) is 40.4 Å². The van der Waals surface area contributed by atoms with Crippen molar-refractivity contribution >= 4 is 11.8 Å². The molecule has 230 valence electrons. The Morgan fingerprint density at radius 3 is 2.43 bits per heavy atom.